The minimum absolute atomic E-state index is 0.0592. The molecule has 3 nitrogen and oxygen atoms in total. The number of aryl methyl sites for hydroxylation is 1. The number of rotatable bonds is 4. The van der Waals surface area contributed by atoms with Crippen LogP contribution in [0, 0.1) is 0 Å². The molecule has 1 rings (SSSR count). The molecule has 0 bridgehead atoms. The molecule has 0 aliphatic carbocycles. The van der Waals surface area contributed by atoms with E-state index in [1.807, 2.05) is 6.07 Å². The molecule has 1 aromatic carbocycles. The first-order valence-electron chi connectivity index (χ1n) is 5.46. The number of methoxy groups -OCH3 is 1. The highest BCUT2D eigenvalue weighted by atomic mass is 16.5. The number of carbonyl (C=O) groups excluding carboxylic acids is 1. The second kappa shape index (κ2) is 5.54. The zero-order valence-electron chi connectivity index (χ0n) is 10.4. The summed E-state index contributed by atoms with van der Waals surface area (Å²) in [4.78, 5) is 12.9. The Labute approximate surface area is 97.0 Å². The van der Waals surface area contributed by atoms with Crippen molar-refractivity contribution in [3.8, 4) is 5.75 Å². The van der Waals surface area contributed by atoms with Gasteiger partial charge < -0.3 is 9.64 Å². The second-order valence-electron chi connectivity index (χ2n) is 3.87. The lowest BCUT2D eigenvalue weighted by molar-refractivity contribution is -0.128. The van der Waals surface area contributed by atoms with Gasteiger partial charge in [0.25, 0.3) is 0 Å². The third-order valence-corrected chi connectivity index (χ3v) is 2.70. The largest absolute Gasteiger partial charge is 0.496 e. The van der Waals surface area contributed by atoms with Crippen LogP contribution in [0.2, 0.25) is 0 Å². The number of carbonyl (C=O) groups is 1. The molecular formula is C13H19NO2. The fourth-order valence-electron chi connectivity index (χ4n) is 1.54. The monoisotopic (exact) mass is 221 g/mol. The van der Waals surface area contributed by atoms with Gasteiger partial charge in [0, 0.05) is 26.1 Å². The van der Waals surface area contributed by atoms with Gasteiger partial charge in [0.15, 0.2) is 0 Å². The molecule has 16 heavy (non-hydrogen) atoms. The lowest BCUT2D eigenvalue weighted by Gasteiger charge is -2.17. The molecule has 0 aliphatic rings. The molecule has 0 radical (unpaired) electrons. The highest BCUT2D eigenvalue weighted by Crippen LogP contribution is 2.21. The number of hydrogen-bond donors (Lipinski definition) is 0. The van der Waals surface area contributed by atoms with Crippen LogP contribution in [0.25, 0.3) is 0 Å². The van der Waals surface area contributed by atoms with E-state index >= 15 is 0 Å². The average Bonchev–Trinajstić information content (AvgIpc) is 2.28. The van der Waals surface area contributed by atoms with Crippen LogP contribution in [-0.2, 0) is 17.8 Å². The van der Waals surface area contributed by atoms with Gasteiger partial charge in [-0.1, -0.05) is 19.1 Å². The molecule has 0 spiro atoms. The van der Waals surface area contributed by atoms with E-state index in [9.17, 15) is 4.79 Å². The smallest absolute Gasteiger partial charge is 0.219 e. The van der Waals surface area contributed by atoms with Gasteiger partial charge in [-0.2, -0.15) is 0 Å². The standard InChI is InChI=1S/C13H19NO2/c1-5-11-6-7-13(16-4)12(8-11)9-14(3)10(2)15/h6-8H,5,9H2,1-4H3. The molecule has 0 N–H and O–H groups in total. The number of benzene rings is 1. The molecule has 0 atom stereocenters. The Hall–Kier alpha value is -1.51. The van der Waals surface area contributed by atoms with Crippen molar-refractivity contribution >= 4 is 5.91 Å². The van der Waals surface area contributed by atoms with Crippen LogP contribution in [0.3, 0.4) is 0 Å². The molecule has 0 aliphatic heterocycles. The number of amides is 1. The Balaban J connectivity index is 2.95. The topological polar surface area (TPSA) is 29.5 Å². The van der Waals surface area contributed by atoms with Crippen molar-refractivity contribution in [2.45, 2.75) is 26.8 Å². The number of ether oxygens (including phenoxy) is 1. The molecular weight excluding hydrogens is 202 g/mol. The van der Waals surface area contributed by atoms with Crippen LogP contribution in [-0.4, -0.2) is 25.0 Å². The number of nitrogens with zero attached hydrogens (tertiary/aromatic N) is 1. The van der Waals surface area contributed by atoms with Gasteiger partial charge in [-0.05, 0) is 18.1 Å². The first-order valence-corrected chi connectivity index (χ1v) is 5.46. The van der Waals surface area contributed by atoms with Gasteiger partial charge in [-0.3, -0.25) is 4.79 Å². The van der Waals surface area contributed by atoms with Gasteiger partial charge >= 0.3 is 0 Å². The maximum atomic E-state index is 11.2. The SMILES string of the molecule is CCc1ccc(OC)c(CN(C)C(C)=O)c1. The van der Waals surface area contributed by atoms with E-state index in [0.29, 0.717) is 6.54 Å². The molecule has 0 heterocycles. The van der Waals surface area contributed by atoms with Crippen molar-refractivity contribution in [3.63, 3.8) is 0 Å². The van der Waals surface area contributed by atoms with Crippen LogP contribution in [0.1, 0.15) is 25.0 Å². The molecule has 0 fully saturated rings. The highest BCUT2D eigenvalue weighted by molar-refractivity contribution is 5.72. The van der Waals surface area contributed by atoms with E-state index in [-0.39, 0.29) is 5.91 Å². The van der Waals surface area contributed by atoms with Crippen molar-refractivity contribution in [1.29, 1.82) is 0 Å². The van der Waals surface area contributed by atoms with Gasteiger partial charge in [0.1, 0.15) is 5.75 Å². The summed E-state index contributed by atoms with van der Waals surface area (Å²) in [5, 5.41) is 0. The summed E-state index contributed by atoms with van der Waals surface area (Å²) in [7, 11) is 3.44. The molecule has 3 heteroatoms. The Morgan fingerprint density at radius 1 is 1.44 bits per heavy atom. The van der Waals surface area contributed by atoms with E-state index in [2.05, 4.69) is 19.1 Å². The van der Waals surface area contributed by atoms with E-state index < -0.39 is 0 Å². The van der Waals surface area contributed by atoms with Gasteiger partial charge in [-0.15, -0.1) is 0 Å². The average molecular weight is 221 g/mol. The van der Waals surface area contributed by atoms with Crippen LogP contribution in [0.5, 0.6) is 5.75 Å². The summed E-state index contributed by atoms with van der Waals surface area (Å²) in [6.07, 6.45) is 0.987. The van der Waals surface area contributed by atoms with E-state index in [0.717, 1.165) is 17.7 Å². The summed E-state index contributed by atoms with van der Waals surface area (Å²) < 4.78 is 5.29. The van der Waals surface area contributed by atoms with Crippen molar-refractivity contribution in [3.05, 3.63) is 29.3 Å². The van der Waals surface area contributed by atoms with E-state index in [4.69, 9.17) is 4.74 Å². The maximum absolute atomic E-state index is 11.2. The van der Waals surface area contributed by atoms with Gasteiger partial charge in [0.2, 0.25) is 5.91 Å². The summed E-state index contributed by atoms with van der Waals surface area (Å²) in [5.41, 5.74) is 2.31. The highest BCUT2D eigenvalue weighted by Gasteiger charge is 2.08. The molecule has 0 saturated heterocycles. The quantitative estimate of drug-likeness (QED) is 0.780. The summed E-state index contributed by atoms with van der Waals surface area (Å²) in [5.74, 6) is 0.897. The van der Waals surface area contributed by atoms with Crippen LogP contribution >= 0.6 is 0 Å². The summed E-state index contributed by atoms with van der Waals surface area (Å²) in [6.45, 7) is 4.27. The molecule has 0 saturated carbocycles. The normalized spacial score (nSPS) is 10.0. The summed E-state index contributed by atoms with van der Waals surface area (Å²) in [6, 6.07) is 6.11. The Bertz CT molecular complexity index is 374. The zero-order valence-corrected chi connectivity index (χ0v) is 10.4. The minimum atomic E-state index is 0.0592. The van der Waals surface area contributed by atoms with E-state index in [1.165, 1.54) is 5.56 Å². The second-order valence-corrected chi connectivity index (χ2v) is 3.87. The molecule has 1 amide bonds. The molecule has 0 aromatic heterocycles. The maximum Gasteiger partial charge on any atom is 0.219 e. The van der Waals surface area contributed by atoms with Crippen molar-refractivity contribution in [2.24, 2.45) is 0 Å². The molecule has 0 unspecified atom stereocenters. The molecule has 88 valence electrons. The lowest BCUT2D eigenvalue weighted by Crippen LogP contribution is -2.23. The van der Waals surface area contributed by atoms with Gasteiger partial charge in [0.05, 0.1) is 7.11 Å². The predicted octanol–water partition coefficient (Wildman–Crippen LogP) is 2.24. The fraction of sp³-hybridized carbons (Fsp3) is 0.462. The first kappa shape index (κ1) is 12.6. The van der Waals surface area contributed by atoms with Crippen LogP contribution in [0.4, 0.5) is 0 Å². The van der Waals surface area contributed by atoms with Crippen LogP contribution < -0.4 is 4.74 Å². The Kier molecular flexibility index (Phi) is 4.35. The Morgan fingerprint density at radius 3 is 2.62 bits per heavy atom. The lowest BCUT2D eigenvalue weighted by atomic mass is 10.1. The fourth-order valence-corrected chi connectivity index (χ4v) is 1.54. The Morgan fingerprint density at radius 2 is 2.12 bits per heavy atom. The van der Waals surface area contributed by atoms with Crippen molar-refractivity contribution in [1.82, 2.24) is 4.90 Å². The number of hydrogen-bond acceptors (Lipinski definition) is 2. The third-order valence-electron chi connectivity index (χ3n) is 2.70. The van der Waals surface area contributed by atoms with Crippen LogP contribution in [0.15, 0.2) is 18.2 Å². The minimum Gasteiger partial charge on any atom is -0.496 e. The predicted molar refractivity (Wildman–Crippen MR) is 64.5 cm³/mol. The molecule has 1 aromatic rings. The summed E-state index contributed by atoms with van der Waals surface area (Å²) >= 11 is 0. The van der Waals surface area contributed by atoms with Crippen molar-refractivity contribution < 1.29 is 9.53 Å². The van der Waals surface area contributed by atoms with E-state index in [1.54, 1.807) is 26.0 Å². The van der Waals surface area contributed by atoms with Crippen molar-refractivity contribution in [2.75, 3.05) is 14.2 Å². The zero-order chi connectivity index (χ0) is 12.1. The van der Waals surface area contributed by atoms with Gasteiger partial charge in [-0.25, -0.2) is 0 Å². The third kappa shape index (κ3) is 2.99. The first-order chi connectivity index (χ1) is 7.58.